The zero-order chi connectivity index (χ0) is 22.1. The Morgan fingerprint density at radius 1 is 0.938 bits per heavy atom. The first-order valence-corrected chi connectivity index (χ1v) is 10.6. The van der Waals surface area contributed by atoms with E-state index in [1.54, 1.807) is 0 Å². The van der Waals surface area contributed by atoms with Crippen LogP contribution in [0.4, 0.5) is 11.6 Å². The summed E-state index contributed by atoms with van der Waals surface area (Å²) in [6.45, 7) is 2.69. The van der Waals surface area contributed by atoms with Crippen LogP contribution in [0, 0.1) is 0 Å². The topological polar surface area (TPSA) is 78.6 Å². The SMILES string of the molecule is CN(C)c1ccc(N2CCN(C(=O)c3ccc4noc(-c5ccccc5)c4c3)CC2)nn1. The Labute approximate surface area is 186 Å². The highest BCUT2D eigenvalue weighted by atomic mass is 16.5. The lowest BCUT2D eigenvalue weighted by molar-refractivity contribution is 0.0746. The van der Waals surface area contributed by atoms with Crippen LogP contribution in [-0.2, 0) is 0 Å². The Bertz CT molecular complexity index is 1230. The first-order valence-electron chi connectivity index (χ1n) is 10.6. The van der Waals surface area contributed by atoms with E-state index in [-0.39, 0.29) is 5.91 Å². The largest absolute Gasteiger partial charge is 0.361 e. The molecule has 0 spiro atoms. The van der Waals surface area contributed by atoms with Gasteiger partial charge in [0, 0.05) is 51.4 Å². The van der Waals surface area contributed by atoms with E-state index >= 15 is 0 Å². The van der Waals surface area contributed by atoms with Crippen LogP contribution in [0.25, 0.3) is 22.2 Å². The van der Waals surface area contributed by atoms with Crippen molar-refractivity contribution in [2.24, 2.45) is 0 Å². The van der Waals surface area contributed by atoms with Gasteiger partial charge in [-0.05, 0) is 30.3 Å². The fourth-order valence-electron chi connectivity index (χ4n) is 3.92. The number of benzene rings is 2. The van der Waals surface area contributed by atoms with Crippen LogP contribution in [0.15, 0.2) is 65.2 Å². The number of aromatic nitrogens is 3. The van der Waals surface area contributed by atoms with Gasteiger partial charge in [0.15, 0.2) is 17.4 Å². The second-order valence-electron chi connectivity index (χ2n) is 8.03. The molecule has 0 radical (unpaired) electrons. The molecule has 1 saturated heterocycles. The molecular formula is C24H24N6O2. The zero-order valence-electron chi connectivity index (χ0n) is 18.1. The average molecular weight is 428 g/mol. The molecule has 1 aliphatic rings. The highest BCUT2D eigenvalue weighted by Gasteiger charge is 2.24. The minimum absolute atomic E-state index is 0.0146. The maximum Gasteiger partial charge on any atom is 0.254 e. The lowest BCUT2D eigenvalue weighted by Gasteiger charge is -2.35. The van der Waals surface area contributed by atoms with Crippen LogP contribution in [0.5, 0.6) is 0 Å². The van der Waals surface area contributed by atoms with E-state index in [0.29, 0.717) is 37.5 Å². The van der Waals surface area contributed by atoms with Gasteiger partial charge < -0.3 is 19.2 Å². The Hall–Kier alpha value is -3.94. The summed E-state index contributed by atoms with van der Waals surface area (Å²) in [6.07, 6.45) is 0. The Balaban J connectivity index is 1.31. The van der Waals surface area contributed by atoms with Gasteiger partial charge in [-0.1, -0.05) is 35.5 Å². The highest BCUT2D eigenvalue weighted by Crippen LogP contribution is 2.29. The first-order chi connectivity index (χ1) is 15.6. The van der Waals surface area contributed by atoms with Crippen molar-refractivity contribution in [1.29, 1.82) is 0 Å². The standard InChI is InChI=1S/C24H24N6O2/c1-28(2)21-10-11-22(26-25-21)29-12-14-30(15-13-29)24(31)18-8-9-20-19(16-18)23(32-27-20)17-6-4-3-5-7-17/h3-11,16H,12-15H2,1-2H3. The third-order valence-electron chi connectivity index (χ3n) is 5.74. The molecule has 2 aromatic carbocycles. The molecule has 8 nitrogen and oxygen atoms in total. The third kappa shape index (κ3) is 3.75. The molecule has 3 heterocycles. The molecule has 162 valence electrons. The molecule has 0 N–H and O–H groups in total. The summed E-state index contributed by atoms with van der Waals surface area (Å²) in [5, 5.41) is 13.6. The molecule has 0 saturated carbocycles. The molecule has 8 heteroatoms. The first kappa shape index (κ1) is 20.0. The smallest absolute Gasteiger partial charge is 0.254 e. The molecule has 0 aliphatic carbocycles. The van der Waals surface area contributed by atoms with Gasteiger partial charge in [0.1, 0.15) is 5.52 Å². The van der Waals surface area contributed by atoms with Gasteiger partial charge in [0.25, 0.3) is 5.91 Å². The number of amides is 1. The molecule has 2 aromatic heterocycles. The minimum atomic E-state index is 0.0146. The molecule has 5 rings (SSSR count). The zero-order valence-corrected chi connectivity index (χ0v) is 18.1. The van der Waals surface area contributed by atoms with Crippen LogP contribution in [0.2, 0.25) is 0 Å². The molecule has 4 aromatic rings. The van der Waals surface area contributed by atoms with Crippen molar-refractivity contribution < 1.29 is 9.32 Å². The summed E-state index contributed by atoms with van der Waals surface area (Å²) in [5.74, 6) is 2.35. The Morgan fingerprint density at radius 3 is 2.41 bits per heavy atom. The summed E-state index contributed by atoms with van der Waals surface area (Å²) in [6, 6.07) is 19.3. The highest BCUT2D eigenvalue weighted by molar-refractivity contribution is 6.01. The number of anilines is 2. The van der Waals surface area contributed by atoms with Crippen molar-refractivity contribution in [1.82, 2.24) is 20.3 Å². The van der Waals surface area contributed by atoms with E-state index in [2.05, 4.69) is 20.3 Å². The second-order valence-corrected chi connectivity index (χ2v) is 8.03. The van der Waals surface area contributed by atoms with Gasteiger partial charge in [-0.15, -0.1) is 10.2 Å². The molecule has 0 atom stereocenters. The second kappa shape index (κ2) is 8.30. The van der Waals surface area contributed by atoms with E-state index in [4.69, 9.17) is 4.52 Å². The number of carbonyl (C=O) groups is 1. The normalized spacial score (nSPS) is 14.1. The molecule has 1 amide bonds. The molecule has 0 unspecified atom stereocenters. The fraction of sp³-hybridized carbons (Fsp3) is 0.250. The molecule has 1 aliphatic heterocycles. The van der Waals surface area contributed by atoms with Gasteiger partial charge in [-0.2, -0.15) is 0 Å². The Morgan fingerprint density at radius 2 is 1.72 bits per heavy atom. The lowest BCUT2D eigenvalue weighted by atomic mass is 10.1. The number of fused-ring (bicyclic) bond motifs is 1. The number of piperazine rings is 1. The maximum atomic E-state index is 13.2. The molecule has 1 fully saturated rings. The van der Waals surface area contributed by atoms with Crippen molar-refractivity contribution in [3.05, 3.63) is 66.2 Å². The summed E-state index contributed by atoms with van der Waals surface area (Å²) in [7, 11) is 3.88. The van der Waals surface area contributed by atoms with Gasteiger partial charge in [-0.25, -0.2) is 0 Å². The van der Waals surface area contributed by atoms with Crippen molar-refractivity contribution in [2.75, 3.05) is 50.1 Å². The summed E-state index contributed by atoms with van der Waals surface area (Å²) in [5.41, 5.74) is 2.32. The number of nitrogens with zero attached hydrogens (tertiary/aromatic N) is 6. The third-order valence-corrected chi connectivity index (χ3v) is 5.74. The maximum absolute atomic E-state index is 13.2. The van der Waals surface area contributed by atoms with Crippen molar-refractivity contribution in [3.63, 3.8) is 0 Å². The van der Waals surface area contributed by atoms with E-state index in [1.165, 1.54) is 0 Å². The number of hydrogen-bond acceptors (Lipinski definition) is 7. The monoisotopic (exact) mass is 428 g/mol. The van der Waals surface area contributed by atoms with Crippen LogP contribution in [0.1, 0.15) is 10.4 Å². The summed E-state index contributed by atoms with van der Waals surface area (Å²) >= 11 is 0. The Kier molecular flexibility index (Phi) is 5.18. The predicted octanol–water partition coefficient (Wildman–Crippen LogP) is 3.31. The molecule has 32 heavy (non-hydrogen) atoms. The van der Waals surface area contributed by atoms with Crippen LogP contribution < -0.4 is 9.80 Å². The van der Waals surface area contributed by atoms with Crippen LogP contribution in [0.3, 0.4) is 0 Å². The van der Waals surface area contributed by atoms with E-state index in [1.807, 2.05) is 84.6 Å². The number of rotatable bonds is 4. The molecular weight excluding hydrogens is 404 g/mol. The number of carbonyl (C=O) groups excluding carboxylic acids is 1. The summed E-state index contributed by atoms with van der Waals surface area (Å²) < 4.78 is 5.57. The van der Waals surface area contributed by atoms with Crippen molar-refractivity contribution in [2.45, 2.75) is 0 Å². The van der Waals surface area contributed by atoms with Gasteiger partial charge in [0.05, 0.1) is 5.39 Å². The van der Waals surface area contributed by atoms with Crippen molar-refractivity contribution in [3.8, 4) is 11.3 Å². The van der Waals surface area contributed by atoms with E-state index in [9.17, 15) is 4.79 Å². The molecule has 0 bridgehead atoms. The average Bonchev–Trinajstić information content (AvgIpc) is 3.27. The quantitative estimate of drug-likeness (QED) is 0.493. The van der Waals surface area contributed by atoms with Gasteiger partial charge in [0.2, 0.25) is 0 Å². The predicted molar refractivity (Wildman–Crippen MR) is 124 cm³/mol. The van der Waals surface area contributed by atoms with Crippen molar-refractivity contribution >= 4 is 28.4 Å². The summed E-state index contributed by atoms with van der Waals surface area (Å²) in [4.78, 5) is 19.2. The van der Waals surface area contributed by atoms with E-state index in [0.717, 1.165) is 28.1 Å². The van der Waals surface area contributed by atoms with E-state index < -0.39 is 0 Å². The van der Waals surface area contributed by atoms with Gasteiger partial charge >= 0.3 is 0 Å². The minimum Gasteiger partial charge on any atom is -0.361 e. The number of hydrogen-bond donors (Lipinski definition) is 0. The van der Waals surface area contributed by atoms with Crippen LogP contribution >= 0.6 is 0 Å². The van der Waals surface area contributed by atoms with Gasteiger partial charge in [-0.3, -0.25) is 4.79 Å². The van der Waals surface area contributed by atoms with Crippen LogP contribution in [-0.4, -0.2) is 66.4 Å². The lowest BCUT2D eigenvalue weighted by Crippen LogP contribution is -2.49. The fourth-order valence-corrected chi connectivity index (χ4v) is 3.92.